The number of cyclic esters (lactones) is 1. The summed E-state index contributed by atoms with van der Waals surface area (Å²) in [6, 6.07) is 0. The van der Waals surface area contributed by atoms with Gasteiger partial charge < -0.3 is 4.74 Å². The summed E-state index contributed by atoms with van der Waals surface area (Å²) in [5.41, 5.74) is 0. The maximum atomic E-state index is 13.5. The Bertz CT molecular complexity index is 633. The Labute approximate surface area is 134 Å². The Kier molecular flexibility index (Phi) is 5.40. The van der Waals surface area contributed by atoms with E-state index in [2.05, 4.69) is 9.47 Å². The van der Waals surface area contributed by atoms with Gasteiger partial charge in [-0.3, -0.25) is 9.35 Å². The second kappa shape index (κ2) is 6.19. The fraction of sp³-hybridized carbons (Fsp3) is 0.900. The van der Waals surface area contributed by atoms with Crippen LogP contribution in [0.2, 0.25) is 0 Å². The van der Waals surface area contributed by atoms with Gasteiger partial charge >= 0.3 is 39.5 Å². The third kappa shape index (κ3) is 4.13. The molecule has 1 rings (SSSR count). The molecule has 25 heavy (non-hydrogen) atoms. The third-order valence-electron chi connectivity index (χ3n) is 3.13. The molecule has 0 spiro atoms. The van der Waals surface area contributed by atoms with Gasteiger partial charge in [0.05, 0.1) is 12.3 Å². The highest BCUT2D eigenvalue weighted by atomic mass is 32.2. The van der Waals surface area contributed by atoms with Crippen molar-refractivity contribution in [2.75, 3.05) is 0 Å². The second-order valence-corrected chi connectivity index (χ2v) is 6.69. The molecule has 1 aliphatic rings. The van der Waals surface area contributed by atoms with Crippen LogP contribution in [0.15, 0.2) is 0 Å². The monoisotopic (exact) mass is 410 g/mol. The number of hydrogen-bond donors (Lipinski definition) is 1. The van der Waals surface area contributed by atoms with Crippen LogP contribution in [0.3, 0.4) is 0 Å². The number of rotatable bonds is 7. The fourth-order valence-electron chi connectivity index (χ4n) is 1.79. The lowest BCUT2D eigenvalue weighted by atomic mass is 10.0. The van der Waals surface area contributed by atoms with Crippen LogP contribution in [0.25, 0.3) is 0 Å². The molecule has 0 aromatic rings. The molecule has 0 saturated carbocycles. The number of alkyl halides is 8. The van der Waals surface area contributed by atoms with Gasteiger partial charge in [-0.2, -0.15) is 43.5 Å². The van der Waals surface area contributed by atoms with Crippen LogP contribution < -0.4 is 0 Å². The van der Waals surface area contributed by atoms with Crippen molar-refractivity contribution < 1.29 is 62.4 Å². The van der Waals surface area contributed by atoms with E-state index in [1.54, 1.807) is 0 Å². The fourth-order valence-corrected chi connectivity index (χ4v) is 2.14. The summed E-state index contributed by atoms with van der Waals surface area (Å²) < 4.78 is 140. The summed E-state index contributed by atoms with van der Waals surface area (Å²) in [6.07, 6.45) is -17.3. The third-order valence-corrected chi connectivity index (χ3v) is 4.02. The summed E-state index contributed by atoms with van der Waals surface area (Å²) in [7, 11) is -6.97. The molecule has 0 aromatic heterocycles. The highest BCUT2D eigenvalue weighted by Crippen LogP contribution is 2.48. The van der Waals surface area contributed by atoms with E-state index in [1.165, 1.54) is 6.92 Å². The van der Waals surface area contributed by atoms with E-state index in [9.17, 15) is 48.3 Å². The molecule has 1 fully saturated rings. The molecular weight excluding hydrogens is 400 g/mol. The van der Waals surface area contributed by atoms with Gasteiger partial charge in [0, 0.05) is 0 Å². The van der Waals surface area contributed by atoms with E-state index in [1.807, 2.05) is 0 Å². The molecule has 1 aliphatic heterocycles. The first-order chi connectivity index (χ1) is 10.8. The van der Waals surface area contributed by atoms with Crippen LogP contribution in [-0.2, 0) is 24.4 Å². The van der Waals surface area contributed by atoms with Crippen LogP contribution in [-0.4, -0.2) is 48.4 Å². The smallest absolute Gasteiger partial charge is 0.460 e. The molecule has 0 aliphatic carbocycles. The van der Waals surface area contributed by atoms with Crippen molar-refractivity contribution >= 4 is 16.1 Å². The van der Waals surface area contributed by atoms with Crippen molar-refractivity contribution in [1.82, 2.24) is 0 Å². The van der Waals surface area contributed by atoms with Crippen molar-refractivity contribution in [2.24, 2.45) is 5.92 Å². The number of hydrogen-bond acceptors (Lipinski definition) is 5. The van der Waals surface area contributed by atoms with E-state index in [4.69, 9.17) is 4.55 Å². The Balaban J connectivity index is 3.00. The highest BCUT2D eigenvalue weighted by Gasteiger charge is 2.74. The average Bonchev–Trinajstić information content (AvgIpc) is 2.63. The zero-order chi connectivity index (χ0) is 20.1. The van der Waals surface area contributed by atoms with E-state index in [0.29, 0.717) is 0 Å². The van der Waals surface area contributed by atoms with Gasteiger partial charge in [0.2, 0.25) is 0 Å². The largest absolute Gasteiger partial charge is 0.462 e. The van der Waals surface area contributed by atoms with E-state index >= 15 is 0 Å². The Morgan fingerprint density at radius 1 is 1.12 bits per heavy atom. The van der Waals surface area contributed by atoms with Crippen LogP contribution >= 0.6 is 0 Å². The number of carbonyl (C=O) groups is 1. The number of halogens is 8. The first-order valence-electron chi connectivity index (χ1n) is 6.23. The minimum absolute atomic E-state index is 0.470. The Hall–Kier alpha value is -1.22. The standard InChI is InChI=1S/C10H10F8O6S/c1-4-2-5(23-6(4)19)3-7(11,12)8(13,14)24-9(15,16)10(17,18)25(20,21)22/h4-5H,2-3H2,1H3,(H,20,21,22). The lowest BCUT2D eigenvalue weighted by Crippen LogP contribution is -2.56. The van der Waals surface area contributed by atoms with Gasteiger partial charge in [-0.15, -0.1) is 0 Å². The molecule has 1 saturated heterocycles. The van der Waals surface area contributed by atoms with Crippen molar-refractivity contribution in [1.29, 1.82) is 0 Å². The molecule has 1 N–H and O–H groups in total. The van der Waals surface area contributed by atoms with Crippen molar-refractivity contribution in [3.8, 4) is 0 Å². The number of esters is 1. The van der Waals surface area contributed by atoms with Gasteiger partial charge in [-0.25, -0.2) is 4.74 Å². The SMILES string of the molecule is CC1CC(CC(F)(F)C(F)(F)OC(F)(F)C(F)(F)S(=O)(=O)O)OC1=O. The van der Waals surface area contributed by atoms with E-state index in [0.717, 1.165) is 0 Å². The Morgan fingerprint density at radius 2 is 1.60 bits per heavy atom. The van der Waals surface area contributed by atoms with Gasteiger partial charge in [0.1, 0.15) is 6.10 Å². The molecule has 0 radical (unpaired) electrons. The van der Waals surface area contributed by atoms with E-state index < -0.39 is 64.3 Å². The maximum Gasteiger partial charge on any atom is 0.460 e. The zero-order valence-electron chi connectivity index (χ0n) is 12.0. The van der Waals surface area contributed by atoms with Crippen molar-refractivity contribution in [3.63, 3.8) is 0 Å². The van der Waals surface area contributed by atoms with Gasteiger partial charge in [0.15, 0.2) is 0 Å². The first kappa shape index (κ1) is 21.8. The summed E-state index contributed by atoms with van der Waals surface area (Å²) in [6.45, 7) is 1.20. The predicted octanol–water partition coefficient (Wildman–Crippen LogP) is 2.65. The summed E-state index contributed by atoms with van der Waals surface area (Å²) in [4.78, 5) is 11.0. The molecule has 2 unspecified atom stereocenters. The number of carbonyl (C=O) groups excluding carboxylic acids is 1. The minimum Gasteiger partial charge on any atom is -0.462 e. The molecular formula is C10H10F8O6S. The van der Waals surface area contributed by atoms with Crippen molar-refractivity contribution in [2.45, 2.75) is 49.3 Å². The van der Waals surface area contributed by atoms with Crippen LogP contribution in [0.1, 0.15) is 19.8 Å². The molecule has 0 bridgehead atoms. The number of ether oxygens (including phenoxy) is 2. The normalized spacial score (nSPS) is 23.7. The van der Waals surface area contributed by atoms with Crippen molar-refractivity contribution in [3.05, 3.63) is 0 Å². The highest BCUT2D eigenvalue weighted by molar-refractivity contribution is 7.86. The summed E-state index contributed by atoms with van der Waals surface area (Å²) >= 11 is 0. The molecule has 0 amide bonds. The minimum atomic E-state index is -6.97. The topological polar surface area (TPSA) is 89.9 Å². The lowest BCUT2D eigenvalue weighted by molar-refractivity contribution is -0.457. The molecule has 2 atom stereocenters. The molecule has 0 aromatic carbocycles. The predicted molar refractivity (Wildman–Crippen MR) is 60.7 cm³/mol. The van der Waals surface area contributed by atoms with Crippen LogP contribution in [0.5, 0.6) is 0 Å². The molecule has 6 nitrogen and oxygen atoms in total. The van der Waals surface area contributed by atoms with E-state index in [-0.39, 0.29) is 0 Å². The second-order valence-electron chi connectivity index (χ2n) is 5.23. The summed E-state index contributed by atoms with van der Waals surface area (Å²) in [5, 5.41) is -6.63. The van der Waals surface area contributed by atoms with Crippen LogP contribution in [0.4, 0.5) is 35.1 Å². The molecule has 148 valence electrons. The van der Waals surface area contributed by atoms with Gasteiger partial charge in [-0.05, 0) is 6.42 Å². The maximum absolute atomic E-state index is 13.5. The Morgan fingerprint density at radius 3 is 1.96 bits per heavy atom. The summed E-state index contributed by atoms with van der Waals surface area (Å²) in [5.74, 6) is -7.50. The van der Waals surface area contributed by atoms with Gasteiger partial charge in [-0.1, -0.05) is 6.92 Å². The zero-order valence-corrected chi connectivity index (χ0v) is 12.8. The quantitative estimate of drug-likeness (QED) is 0.394. The molecule has 15 heteroatoms. The molecule has 1 heterocycles. The average molecular weight is 410 g/mol. The van der Waals surface area contributed by atoms with Gasteiger partial charge in [0.25, 0.3) is 0 Å². The first-order valence-corrected chi connectivity index (χ1v) is 7.67. The lowest BCUT2D eigenvalue weighted by Gasteiger charge is -2.32. The van der Waals surface area contributed by atoms with Crippen LogP contribution in [0, 0.1) is 5.92 Å².